The molecule has 1 rings (SSSR count). The molecule has 9 heteroatoms. The molecule has 0 aromatic heterocycles. The lowest BCUT2D eigenvalue weighted by atomic mass is 10.1. The van der Waals surface area contributed by atoms with Crippen LogP contribution in [0.5, 0.6) is 5.75 Å². The number of rotatable bonds is 6. The smallest absolute Gasteiger partial charge is 0.173 e. The van der Waals surface area contributed by atoms with Crippen molar-refractivity contribution in [3.05, 3.63) is 23.3 Å². The molecule has 7 nitrogen and oxygen atoms in total. The zero-order chi connectivity index (χ0) is 14.1. The number of aryl methyl sites for hydroxylation is 2. The van der Waals surface area contributed by atoms with Crippen LogP contribution >= 0.6 is 24.1 Å². The number of ether oxygens (including phenoxy) is 1. The highest BCUT2D eigenvalue weighted by Gasteiger charge is 2.06. The van der Waals surface area contributed by atoms with E-state index in [1.807, 2.05) is 26.0 Å². The van der Waals surface area contributed by atoms with Gasteiger partial charge in [0.15, 0.2) is 6.11 Å². The van der Waals surface area contributed by atoms with Gasteiger partial charge in [-0.1, -0.05) is 15.4 Å². The Morgan fingerprint density at radius 2 is 1.90 bits per heavy atom. The van der Waals surface area contributed by atoms with Gasteiger partial charge in [0, 0.05) is 10.1 Å². The minimum Gasteiger partial charge on any atom is -0.496 e. The molecule has 0 saturated carbocycles. The van der Waals surface area contributed by atoms with Gasteiger partial charge in [-0.15, -0.1) is 4.33 Å². The molecule has 0 atom stereocenters. The molecule has 0 heterocycles. The van der Waals surface area contributed by atoms with Crippen molar-refractivity contribution in [1.82, 2.24) is 0 Å². The quantitative estimate of drug-likeness (QED) is 0.280. The first kappa shape index (κ1) is 18.9. The van der Waals surface area contributed by atoms with Crippen molar-refractivity contribution < 1.29 is 34.1 Å². The number of hydrogen-bond donors (Lipinski definition) is 1. The summed E-state index contributed by atoms with van der Waals surface area (Å²) in [6.45, 7) is 3.91. The van der Waals surface area contributed by atoms with Gasteiger partial charge < -0.3 is 10.2 Å². The van der Waals surface area contributed by atoms with Gasteiger partial charge in [0.25, 0.3) is 0 Å². The first-order chi connectivity index (χ1) is 9.19. The molecule has 20 heavy (non-hydrogen) atoms. The van der Waals surface area contributed by atoms with Gasteiger partial charge in [0.1, 0.15) is 17.8 Å². The molecule has 0 aliphatic carbocycles. The van der Waals surface area contributed by atoms with E-state index in [2.05, 4.69) is 25.6 Å². The van der Waals surface area contributed by atoms with E-state index in [1.165, 1.54) is 0 Å². The third-order valence-corrected chi connectivity index (χ3v) is 3.09. The second-order valence-corrected chi connectivity index (χ2v) is 4.50. The molecule has 1 aromatic carbocycles. The molecular formula is C11H14O7S2. The van der Waals surface area contributed by atoms with E-state index in [1.54, 1.807) is 7.11 Å². The molecule has 0 spiro atoms. The average molecular weight is 322 g/mol. The average Bonchev–Trinajstić information content (AvgIpc) is 2.40. The van der Waals surface area contributed by atoms with Crippen molar-refractivity contribution in [2.45, 2.75) is 18.7 Å². The Bertz CT molecular complexity index is 470. The maximum Gasteiger partial charge on any atom is 0.173 e. The standard InChI is InChI=1S/C11H12O6S2.H2O/c1-8-6-9(2)11(7-10(8)13-3)19-16-14-4-5-18-17-15-12;/h6-7,12H,1-3H3;1H2. The van der Waals surface area contributed by atoms with E-state index in [-0.39, 0.29) is 5.48 Å². The van der Waals surface area contributed by atoms with Crippen molar-refractivity contribution in [2.24, 2.45) is 0 Å². The molecule has 0 fully saturated rings. The fourth-order valence-electron chi connectivity index (χ4n) is 1.26. The molecule has 0 aliphatic heterocycles. The monoisotopic (exact) mass is 322 g/mol. The zero-order valence-corrected chi connectivity index (χ0v) is 12.6. The van der Waals surface area contributed by atoms with Crippen LogP contribution in [0.1, 0.15) is 11.1 Å². The highest BCUT2D eigenvalue weighted by atomic mass is 32.2. The van der Waals surface area contributed by atoms with Gasteiger partial charge >= 0.3 is 0 Å². The third kappa shape index (κ3) is 6.36. The van der Waals surface area contributed by atoms with E-state index in [0.717, 1.165) is 33.8 Å². The van der Waals surface area contributed by atoms with Crippen molar-refractivity contribution in [1.29, 1.82) is 0 Å². The topological polar surface area (TPSA) is 97.9 Å². The fraction of sp³-hybridized carbons (Fsp3) is 0.273. The van der Waals surface area contributed by atoms with E-state index in [4.69, 9.17) is 14.3 Å². The van der Waals surface area contributed by atoms with Gasteiger partial charge in [0.2, 0.25) is 0 Å². The van der Waals surface area contributed by atoms with Crippen LogP contribution < -0.4 is 4.74 Å². The number of benzene rings is 1. The van der Waals surface area contributed by atoms with Crippen LogP contribution in [-0.2, 0) is 18.6 Å². The molecular weight excluding hydrogens is 308 g/mol. The van der Waals surface area contributed by atoms with Crippen LogP contribution in [0, 0.1) is 25.2 Å². The lowest BCUT2D eigenvalue weighted by Crippen LogP contribution is -1.90. The molecule has 0 bridgehead atoms. The van der Waals surface area contributed by atoms with Crippen molar-refractivity contribution in [3.8, 4) is 17.1 Å². The van der Waals surface area contributed by atoms with Crippen LogP contribution in [0.25, 0.3) is 0 Å². The van der Waals surface area contributed by atoms with Gasteiger partial charge in [-0.25, -0.2) is 5.26 Å². The molecule has 112 valence electrons. The van der Waals surface area contributed by atoms with Crippen LogP contribution in [-0.4, -0.2) is 17.8 Å². The summed E-state index contributed by atoms with van der Waals surface area (Å²) in [5.74, 6) is 0.770. The molecule has 0 amide bonds. The molecule has 0 unspecified atom stereocenters. The summed E-state index contributed by atoms with van der Waals surface area (Å²) < 4.78 is 14.1. The minimum absolute atomic E-state index is 0. The summed E-state index contributed by atoms with van der Waals surface area (Å²) in [6.07, 6.45) is 2.17. The van der Waals surface area contributed by atoms with Crippen LogP contribution in [0.15, 0.2) is 17.0 Å². The predicted molar refractivity (Wildman–Crippen MR) is 74.3 cm³/mol. The second-order valence-electron chi connectivity index (χ2n) is 3.25. The van der Waals surface area contributed by atoms with E-state index >= 15 is 0 Å². The van der Waals surface area contributed by atoms with Crippen LogP contribution in [0.2, 0.25) is 0 Å². The fourth-order valence-corrected chi connectivity index (χ4v) is 1.88. The first-order valence-electron chi connectivity index (χ1n) is 4.98. The number of methoxy groups -OCH3 is 1. The van der Waals surface area contributed by atoms with E-state index in [9.17, 15) is 0 Å². The number of hydrogen-bond acceptors (Lipinski definition) is 8. The molecule has 0 radical (unpaired) electrons. The van der Waals surface area contributed by atoms with Crippen LogP contribution in [0.3, 0.4) is 0 Å². The van der Waals surface area contributed by atoms with E-state index in [0.29, 0.717) is 12.0 Å². The summed E-state index contributed by atoms with van der Waals surface area (Å²) >= 11 is 1.56. The van der Waals surface area contributed by atoms with Gasteiger partial charge in [-0.05, 0) is 31.0 Å². The van der Waals surface area contributed by atoms with Gasteiger partial charge in [-0.3, -0.25) is 4.89 Å². The molecule has 0 aliphatic rings. The first-order valence-corrected chi connectivity index (χ1v) is 6.46. The summed E-state index contributed by atoms with van der Waals surface area (Å²) in [4.78, 5) is 5.42. The Morgan fingerprint density at radius 1 is 1.15 bits per heavy atom. The molecule has 3 N–H and O–H groups in total. The van der Waals surface area contributed by atoms with Crippen LogP contribution in [0.4, 0.5) is 0 Å². The summed E-state index contributed by atoms with van der Waals surface area (Å²) in [5.41, 5.74) is 2.08. The van der Waals surface area contributed by atoms with E-state index < -0.39 is 0 Å². The van der Waals surface area contributed by atoms with Crippen molar-refractivity contribution in [2.75, 3.05) is 7.11 Å². The van der Waals surface area contributed by atoms with Gasteiger partial charge in [0.05, 0.1) is 19.2 Å². The maximum atomic E-state index is 7.82. The van der Waals surface area contributed by atoms with Crippen molar-refractivity contribution >= 4 is 24.1 Å². The predicted octanol–water partition coefficient (Wildman–Crippen LogP) is 2.43. The molecule has 1 aromatic rings. The lowest BCUT2D eigenvalue weighted by molar-refractivity contribution is -0.431. The van der Waals surface area contributed by atoms with Crippen molar-refractivity contribution in [3.63, 3.8) is 0 Å². The van der Waals surface area contributed by atoms with Gasteiger partial charge in [-0.2, -0.15) is 0 Å². The minimum atomic E-state index is 0. The maximum absolute atomic E-state index is 7.82. The third-order valence-electron chi connectivity index (χ3n) is 2.04. The highest BCUT2D eigenvalue weighted by molar-refractivity contribution is 7.99. The Balaban J connectivity index is 0.00000361. The Morgan fingerprint density at radius 3 is 2.55 bits per heavy atom. The summed E-state index contributed by atoms with van der Waals surface area (Å²) in [6, 6.07) is 3.84. The summed E-state index contributed by atoms with van der Waals surface area (Å²) in [7, 11) is 1.61. The Labute approximate surface area is 125 Å². The zero-order valence-electron chi connectivity index (χ0n) is 11.0. The Hall–Kier alpha value is -1.12. The second kappa shape index (κ2) is 10.6. The lowest BCUT2D eigenvalue weighted by Gasteiger charge is -2.09. The normalized spacial score (nSPS) is 9.20. The molecule has 0 saturated heterocycles. The Kier molecular flexibility index (Phi) is 10.0. The SMILES string of the molecule is COc1cc(SOOC#CSOOO)c(C)cc1C.O. The highest BCUT2D eigenvalue weighted by Crippen LogP contribution is 2.30. The summed E-state index contributed by atoms with van der Waals surface area (Å²) in [5, 5.41) is 13.4. The largest absolute Gasteiger partial charge is 0.496 e.